The fourth-order valence-electron chi connectivity index (χ4n) is 3.20. The minimum absolute atomic E-state index is 0.184. The molecule has 0 fully saturated rings. The number of carbonyl (C=O) groups is 1. The number of amides is 1. The quantitative estimate of drug-likeness (QED) is 0.248. The predicted octanol–water partition coefficient (Wildman–Crippen LogP) is 7.03. The number of halogens is 1. The molecule has 0 aliphatic carbocycles. The van der Waals surface area contributed by atoms with E-state index >= 15 is 0 Å². The Morgan fingerprint density at radius 2 is 1.76 bits per heavy atom. The maximum absolute atomic E-state index is 13.3. The number of anilines is 3. The Hall–Kier alpha value is -3.07. The van der Waals surface area contributed by atoms with Crippen molar-refractivity contribution in [2.45, 2.75) is 23.4 Å². The van der Waals surface area contributed by atoms with Crippen LogP contribution in [0.25, 0.3) is 0 Å². The van der Waals surface area contributed by atoms with E-state index in [1.807, 2.05) is 36.4 Å². The van der Waals surface area contributed by atoms with Crippen LogP contribution in [0, 0.1) is 13.8 Å². The molecule has 0 spiro atoms. The summed E-state index contributed by atoms with van der Waals surface area (Å²) in [4.78, 5) is 13.3. The number of hydrogen-bond donors (Lipinski definition) is 2. The molecule has 0 unspecified atom stereocenters. The summed E-state index contributed by atoms with van der Waals surface area (Å²) in [5.41, 5.74) is 4.83. The van der Waals surface area contributed by atoms with Crippen LogP contribution in [0.4, 0.5) is 16.5 Å². The molecule has 1 heterocycles. The van der Waals surface area contributed by atoms with Gasteiger partial charge in [0.2, 0.25) is 11.0 Å². The van der Waals surface area contributed by atoms with Gasteiger partial charge in [-0.2, -0.15) is 0 Å². The van der Waals surface area contributed by atoms with E-state index in [9.17, 15) is 4.79 Å². The zero-order chi connectivity index (χ0) is 24.1. The van der Waals surface area contributed by atoms with E-state index in [2.05, 4.69) is 46.8 Å². The molecule has 0 radical (unpaired) electrons. The highest BCUT2D eigenvalue weighted by Gasteiger charge is 2.24. The molecule has 0 aliphatic rings. The minimum Gasteiger partial charge on any atom is -0.495 e. The molecule has 0 saturated heterocycles. The molecule has 34 heavy (non-hydrogen) atoms. The van der Waals surface area contributed by atoms with Crippen molar-refractivity contribution in [2.24, 2.45) is 0 Å². The van der Waals surface area contributed by atoms with Crippen LogP contribution in [0.15, 0.2) is 71.1 Å². The van der Waals surface area contributed by atoms with Crippen molar-refractivity contribution in [1.82, 2.24) is 10.2 Å². The molecule has 3 aromatic carbocycles. The van der Waals surface area contributed by atoms with E-state index in [1.165, 1.54) is 34.2 Å². The second-order valence-corrected chi connectivity index (χ2v) is 10.3. The highest BCUT2D eigenvalue weighted by molar-refractivity contribution is 8.02. The van der Waals surface area contributed by atoms with E-state index in [4.69, 9.17) is 16.3 Å². The normalized spacial score (nSPS) is 11.6. The number of benzene rings is 3. The number of nitrogens with one attached hydrogen (secondary N) is 2. The van der Waals surface area contributed by atoms with Gasteiger partial charge in [0.25, 0.3) is 0 Å². The molecule has 6 nitrogen and oxygen atoms in total. The predicted molar refractivity (Wildman–Crippen MR) is 141 cm³/mol. The third kappa shape index (κ3) is 5.88. The molecule has 4 aromatic rings. The molecule has 9 heteroatoms. The number of rotatable bonds is 8. The monoisotopic (exact) mass is 510 g/mol. The van der Waals surface area contributed by atoms with Gasteiger partial charge in [-0.25, -0.2) is 0 Å². The first-order valence-electron chi connectivity index (χ1n) is 10.5. The van der Waals surface area contributed by atoms with Crippen LogP contribution >= 0.6 is 34.7 Å². The highest BCUT2D eigenvalue weighted by atomic mass is 35.5. The molecule has 0 bridgehead atoms. The topological polar surface area (TPSA) is 76.1 Å². The van der Waals surface area contributed by atoms with Crippen LogP contribution < -0.4 is 15.4 Å². The van der Waals surface area contributed by atoms with E-state index < -0.39 is 5.25 Å². The van der Waals surface area contributed by atoms with Gasteiger partial charge in [-0.15, -0.1) is 10.2 Å². The molecule has 174 valence electrons. The average molecular weight is 511 g/mol. The zero-order valence-electron chi connectivity index (χ0n) is 18.8. The number of nitrogens with zero attached hydrogens (tertiary/aromatic N) is 2. The van der Waals surface area contributed by atoms with Crippen molar-refractivity contribution in [1.29, 1.82) is 0 Å². The van der Waals surface area contributed by atoms with Gasteiger partial charge in [-0.3, -0.25) is 4.79 Å². The molecular formula is C25H23ClN4O2S2. The van der Waals surface area contributed by atoms with E-state index in [0.29, 0.717) is 25.9 Å². The number of aromatic nitrogens is 2. The zero-order valence-corrected chi connectivity index (χ0v) is 21.2. The first-order valence-corrected chi connectivity index (χ1v) is 12.5. The Balaban J connectivity index is 1.52. The Morgan fingerprint density at radius 1 is 1.00 bits per heavy atom. The van der Waals surface area contributed by atoms with Crippen LogP contribution in [-0.2, 0) is 4.79 Å². The number of carbonyl (C=O) groups excluding carboxylic acids is 1. The molecule has 1 atom stereocenters. The first kappa shape index (κ1) is 24.1. The molecule has 4 rings (SSSR count). The highest BCUT2D eigenvalue weighted by Crippen LogP contribution is 2.39. The molecule has 0 aliphatic heterocycles. The number of aryl methyl sites for hydroxylation is 2. The SMILES string of the molecule is COc1ccc(NC(=O)[C@@H](Sc2nnc(Nc3ccc(C)c(C)c3)s2)c2ccccc2)cc1Cl. The third-order valence-electron chi connectivity index (χ3n) is 5.14. The summed E-state index contributed by atoms with van der Waals surface area (Å²) >= 11 is 8.98. The summed E-state index contributed by atoms with van der Waals surface area (Å²) in [6, 6.07) is 20.9. The van der Waals surface area contributed by atoms with Gasteiger partial charge < -0.3 is 15.4 Å². The second-order valence-electron chi connectivity index (χ2n) is 7.54. The Kier molecular flexibility index (Phi) is 7.72. The fourth-order valence-corrected chi connectivity index (χ4v) is 5.43. The third-order valence-corrected chi connectivity index (χ3v) is 7.62. The lowest BCUT2D eigenvalue weighted by Crippen LogP contribution is -2.19. The minimum atomic E-state index is -0.524. The number of methoxy groups -OCH3 is 1. The van der Waals surface area contributed by atoms with E-state index in [1.54, 1.807) is 25.3 Å². The lowest BCUT2D eigenvalue weighted by molar-refractivity contribution is -0.115. The summed E-state index contributed by atoms with van der Waals surface area (Å²) in [5, 5.41) is 15.4. The van der Waals surface area contributed by atoms with Gasteiger partial charge in [-0.05, 0) is 60.9 Å². The first-order chi connectivity index (χ1) is 16.4. The van der Waals surface area contributed by atoms with Gasteiger partial charge in [0.15, 0.2) is 4.34 Å². The number of thioether (sulfide) groups is 1. The average Bonchev–Trinajstić information content (AvgIpc) is 3.27. The van der Waals surface area contributed by atoms with Crippen LogP contribution in [0.5, 0.6) is 5.75 Å². The maximum Gasteiger partial charge on any atom is 0.242 e. The van der Waals surface area contributed by atoms with Gasteiger partial charge in [0.1, 0.15) is 11.0 Å². The van der Waals surface area contributed by atoms with Crippen LogP contribution in [0.3, 0.4) is 0 Å². The second kappa shape index (κ2) is 10.9. The molecular weight excluding hydrogens is 488 g/mol. The summed E-state index contributed by atoms with van der Waals surface area (Å²) in [6.07, 6.45) is 0. The van der Waals surface area contributed by atoms with Crippen LogP contribution in [0.1, 0.15) is 21.9 Å². The van der Waals surface area contributed by atoms with Crippen molar-refractivity contribution < 1.29 is 9.53 Å². The van der Waals surface area contributed by atoms with Crippen LogP contribution in [-0.4, -0.2) is 23.2 Å². The Bertz CT molecular complexity index is 1300. The van der Waals surface area contributed by atoms with Crippen molar-refractivity contribution >= 4 is 57.1 Å². The molecule has 0 saturated carbocycles. The standard InChI is InChI=1S/C25H23ClN4O2S2/c1-15-9-10-18(13-16(15)2)28-24-29-30-25(34-24)33-22(17-7-5-4-6-8-17)23(31)27-19-11-12-21(32-3)20(26)14-19/h4-14,22H,1-3H3,(H,27,31)(H,28,29)/t22-/m0/s1. The van der Waals surface area contributed by atoms with Gasteiger partial charge in [-0.1, -0.05) is 71.1 Å². The lowest BCUT2D eigenvalue weighted by atomic mass is 10.1. The van der Waals surface area contributed by atoms with Crippen LogP contribution in [0.2, 0.25) is 5.02 Å². The molecule has 1 amide bonds. The van der Waals surface area contributed by atoms with E-state index in [-0.39, 0.29) is 5.91 Å². The van der Waals surface area contributed by atoms with Crippen molar-refractivity contribution in [3.8, 4) is 5.75 Å². The van der Waals surface area contributed by atoms with Gasteiger partial charge >= 0.3 is 0 Å². The summed E-state index contributed by atoms with van der Waals surface area (Å²) in [6.45, 7) is 4.15. The maximum atomic E-state index is 13.3. The lowest BCUT2D eigenvalue weighted by Gasteiger charge is -2.16. The summed E-state index contributed by atoms with van der Waals surface area (Å²) < 4.78 is 5.87. The summed E-state index contributed by atoms with van der Waals surface area (Å²) in [7, 11) is 1.55. The Morgan fingerprint density at radius 3 is 2.47 bits per heavy atom. The van der Waals surface area contributed by atoms with Crippen molar-refractivity contribution in [3.63, 3.8) is 0 Å². The molecule has 1 aromatic heterocycles. The van der Waals surface area contributed by atoms with Gasteiger partial charge in [0.05, 0.1) is 12.1 Å². The number of hydrogen-bond acceptors (Lipinski definition) is 7. The van der Waals surface area contributed by atoms with Crippen molar-refractivity contribution in [2.75, 3.05) is 17.7 Å². The smallest absolute Gasteiger partial charge is 0.242 e. The number of ether oxygens (including phenoxy) is 1. The Labute approximate surface area is 211 Å². The van der Waals surface area contributed by atoms with E-state index in [0.717, 1.165) is 11.3 Å². The largest absolute Gasteiger partial charge is 0.495 e. The van der Waals surface area contributed by atoms with Gasteiger partial charge in [0, 0.05) is 11.4 Å². The summed E-state index contributed by atoms with van der Waals surface area (Å²) in [5.74, 6) is 0.364. The fraction of sp³-hybridized carbons (Fsp3) is 0.160. The molecule has 2 N–H and O–H groups in total. The van der Waals surface area contributed by atoms with Crippen molar-refractivity contribution in [3.05, 3.63) is 88.4 Å².